The molecule has 238 valence electrons. The van der Waals surface area contributed by atoms with Gasteiger partial charge >= 0.3 is 0 Å². The summed E-state index contributed by atoms with van der Waals surface area (Å²) in [6.07, 6.45) is 8.68. The number of benzene rings is 1. The van der Waals surface area contributed by atoms with E-state index < -0.39 is 23.5 Å². The lowest BCUT2D eigenvalue weighted by Crippen LogP contribution is -2.60. The molecule has 8 rings (SSSR count). The van der Waals surface area contributed by atoms with E-state index in [0.29, 0.717) is 41.7 Å². The van der Waals surface area contributed by atoms with Gasteiger partial charge in [0.25, 0.3) is 0 Å². The van der Waals surface area contributed by atoms with Gasteiger partial charge in [-0.05, 0) is 91.1 Å². The van der Waals surface area contributed by atoms with Gasteiger partial charge in [-0.25, -0.2) is 0 Å². The maximum Gasteiger partial charge on any atom is 0.246 e. The number of anilines is 1. The predicted molar refractivity (Wildman–Crippen MR) is 166 cm³/mol. The molecule has 6 fully saturated rings. The smallest absolute Gasteiger partial charge is 0.246 e. The molecular formula is C36H45N5O4. The molecule has 5 aliphatic carbocycles. The van der Waals surface area contributed by atoms with Crippen LogP contribution >= 0.6 is 0 Å². The molecule has 7 aliphatic rings. The fraction of sp³-hybridized carbons (Fsp3) is 0.694. The maximum atomic E-state index is 14.3. The quantitative estimate of drug-likeness (QED) is 0.409. The van der Waals surface area contributed by atoms with Crippen LogP contribution in [0.3, 0.4) is 0 Å². The molecule has 2 heterocycles. The van der Waals surface area contributed by atoms with E-state index in [1.807, 2.05) is 45.0 Å². The average molecular weight is 612 g/mol. The van der Waals surface area contributed by atoms with Crippen LogP contribution < -0.4 is 16.0 Å². The zero-order valence-electron chi connectivity index (χ0n) is 26.7. The predicted octanol–water partition coefficient (Wildman–Crippen LogP) is 4.03. The van der Waals surface area contributed by atoms with Crippen molar-refractivity contribution >= 4 is 29.3 Å². The number of nitrogens with zero attached hydrogens (tertiary/aromatic N) is 2. The van der Waals surface area contributed by atoms with Gasteiger partial charge in [-0.2, -0.15) is 5.26 Å². The molecule has 45 heavy (non-hydrogen) atoms. The summed E-state index contributed by atoms with van der Waals surface area (Å²) in [6, 6.07) is 7.35. The lowest BCUT2D eigenvalue weighted by molar-refractivity contribution is -0.178. The van der Waals surface area contributed by atoms with Gasteiger partial charge in [0.15, 0.2) is 0 Å². The monoisotopic (exact) mass is 611 g/mol. The first-order valence-electron chi connectivity index (χ1n) is 17.1. The van der Waals surface area contributed by atoms with Gasteiger partial charge in [-0.3, -0.25) is 19.2 Å². The third-order valence-corrected chi connectivity index (χ3v) is 13.1. The Balaban J connectivity index is 1.02. The lowest BCUT2D eigenvalue weighted by atomic mass is 9.38. The van der Waals surface area contributed by atoms with Crippen molar-refractivity contribution in [3.8, 4) is 6.07 Å². The number of rotatable bonds is 8. The first-order valence-corrected chi connectivity index (χ1v) is 17.1. The largest absolute Gasteiger partial charge is 0.344 e. The second-order valence-corrected chi connectivity index (χ2v) is 17.0. The molecule has 4 amide bonds. The number of hydrogen-bond donors (Lipinski definition) is 3. The Morgan fingerprint density at radius 1 is 1.04 bits per heavy atom. The van der Waals surface area contributed by atoms with Crippen molar-refractivity contribution in [1.82, 2.24) is 15.5 Å². The molecule has 9 nitrogen and oxygen atoms in total. The number of amides is 4. The van der Waals surface area contributed by atoms with E-state index in [2.05, 4.69) is 22.0 Å². The summed E-state index contributed by atoms with van der Waals surface area (Å²) in [4.78, 5) is 57.2. The Bertz CT molecular complexity index is 1520. The van der Waals surface area contributed by atoms with Crippen molar-refractivity contribution in [3.05, 3.63) is 29.8 Å². The molecule has 0 radical (unpaired) electrons. The SMILES string of the molecule is CC(C)(C)C[C@H](NC(=O)[C@H](CC1CC1)NC(=O)C12CC3CC4CC(C1)C43C2)C(=O)N1C[C@]2(C[C@H]1C#N)C(=O)Nc1ccccc12. The molecule has 2 bridgehead atoms. The molecule has 6 atom stereocenters. The topological polar surface area (TPSA) is 131 Å². The minimum absolute atomic E-state index is 0.0378. The standard InChI is InChI=1S/C36H45N5O4/c1-33(2,3)16-28(30(43)41-19-35(15-24(41)17-37)25-6-4-5-7-26(25)39-32(35)45)38-29(42)27(10-20-8-9-20)40-31(44)34-13-22-11-21-12-23(14-34)36(21,22)18-34/h4-7,20-24,27-28H,8-16,18-19H2,1-3H3,(H,38,42)(H,39,45)(H,40,44)/t21?,22?,23?,24-,27-,28-,34?,35-,36?/m0/s1. The van der Waals surface area contributed by atoms with E-state index in [-0.39, 0.29) is 47.4 Å². The second kappa shape index (κ2) is 9.56. The summed E-state index contributed by atoms with van der Waals surface area (Å²) in [7, 11) is 0. The normalized spacial score (nSPS) is 37.9. The Kier molecular flexibility index (Phi) is 6.16. The van der Waals surface area contributed by atoms with Crippen LogP contribution in [-0.4, -0.2) is 53.2 Å². The molecule has 0 aromatic heterocycles. The number of nitrogens with one attached hydrogen (secondary N) is 3. The van der Waals surface area contributed by atoms with Gasteiger partial charge in [0.05, 0.1) is 16.9 Å². The number of hydrogen-bond acceptors (Lipinski definition) is 5. The van der Waals surface area contributed by atoms with Crippen molar-refractivity contribution in [3.63, 3.8) is 0 Å². The highest BCUT2D eigenvalue weighted by molar-refractivity contribution is 6.07. The van der Waals surface area contributed by atoms with Crippen molar-refractivity contribution in [1.29, 1.82) is 5.26 Å². The van der Waals surface area contributed by atoms with Crippen molar-refractivity contribution in [2.45, 2.75) is 109 Å². The molecule has 3 N–H and O–H groups in total. The number of para-hydroxylation sites is 1. The highest BCUT2D eigenvalue weighted by Gasteiger charge is 2.79. The highest BCUT2D eigenvalue weighted by atomic mass is 16.2. The van der Waals surface area contributed by atoms with Crippen LogP contribution in [0.15, 0.2) is 24.3 Å². The number of fused-ring (bicyclic) bond motifs is 3. The van der Waals surface area contributed by atoms with Gasteiger partial charge in [0, 0.05) is 18.7 Å². The van der Waals surface area contributed by atoms with Crippen LogP contribution in [-0.2, 0) is 24.6 Å². The summed E-state index contributed by atoms with van der Waals surface area (Å²) < 4.78 is 0. The van der Waals surface area contributed by atoms with E-state index in [4.69, 9.17) is 0 Å². The third kappa shape index (κ3) is 4.23. The minimum Gasteiger partial charge on any atom is -0.344 e. The van der Waals surface area contributed by atoms with Crippen LogP contribution in [0.25, 0.3) is 0 Å². The van der Waals surface area contributed by atoms with Crippen molar-refractivity contribution in [2.24, 2.45) is 39.9 Å². The summed E-state index contributed by atoms with van der Waals surface area (Å²) in [6.45, 7) is 6.14. The van der Waals surface area contributed by atoms with Gasteiger partial charge in [-0.15, -0.1) is 0 Å². The number of carbonyl (C=O) groups is 4. The van der Waals surface area contributed by atoms with E-state index in [1.54, 1.807) is 0 Å². The lowest BCUT2D eigenvalue weighted by Gasteiger charge is -2.66. The number of likely N-dealkylation sites (tertiary alicyclic amines) is 1. The molecule has 1 saturated heterocycles. The van der Waals surface area contributed by atoms with Crippen LogP contribution in [0.2, 0.25) is 0 Å². The minimum atomic E-state index is -0.995. The van der Waals surface area contributed by atoms with Crippen LogP contribution in [0.4, 0.5) is 5.69 Å². The van der Waals surface area contributed by atoms with Gasteiger partial charge in [-0.1, -0.05) is 51.8 Å². The summed E-state index contributed by atoms with van der Waals surface area (Å²) in [5.74, 6) is 1.74. The van der Waals surface area contributed by atoms with Gasteiger partial charge < -0.3 is 20.9 Å². The molecular weight excluding hydrogens is 566 g/mol. The Hall–Kier alpha value is -3.41. The van der Waals surface area contributed by atoms with E-state index in [0.717, 1.165) is 43.6 Å². The molecule has 9 heteroatoms. The first kappa shape index (κ1) is 29.0. The molecule has 2 spiro atoms. The van der Waals surface area contributed by atoms with Crippen LogP contribution in [0.5, 0.6) is 0 Å². The van der Waals surface area contributed by atoms with E-state index in [9.17, 15) is 24.4 Å². The highest BCUT2D eigenvalue weighted by Crippen LogP contribution is 2.84. The molecule has 1 aromatic carbocycles. The van der Waals surface area contributed by atoms with Gasteiger partial charge in [0.1, 0.15) is 18.1 Å². The summed E-state index contributed by atoms with van der Waals surface area (Å²) >= 11 is 0. The maximum absolute atomic E-state index is 14.3. The Morgan fingerprint density at radius 2 is 1.76 bits per heavy atom. The van der Waals surface area contributed by atoms with Crippen molar-refractivity contribution in [2.75, 3.05) is 11.9 Å². The number of nitriles is 1. The number of carbonyl (C=O) groups excluding carboxylic acids is 4. The van der Waals surface area contributed by atoms with E-state index in [1.165, 1.54) is 17.7 Å². The molecule has 1 aromatic rings. The van der Waals surface area contributed by atoms with Gasteiger partial charge in [0.2, 0.25) is 23.6 Å². The fourth-order valence-electron chi connectivity index (χ4n) is 10.8. The molecule has 5 saturated carbocycles. The molecule has 2 aliphatic heterocycles. The van der Waals surface area contributed by atoms with E-state index >= 15 is 0 Å². The fourth-order valence-corrected chi connectivity index (χ4v) is 10.8. The van der Waals surface area contributed by atoms with Crippen LogP contribution in [0.1, 0.15) is 90.5 Å². The third-order valence-electron chi connectivity index (χ3n) is 13.1. The molecule has 2 unspecified atom stereocenters. The first-order chi connectivity index (χ1) is 21.4. The Morgan fingerprint density at radius 3 is 2.38 bits per heavy atom. The Labute approximate surface area is 265 Å². The van der Waals surface area contributed by atoms with Crippen molar-refractivity contribution < 1.29 is 19.2 Å². The zero-order chi connectivity index (χ0) is 31.5. The van der Waals surface area contributed by atoms with Crippen LogP contribution in [0, 0.1) is 51.2 Å². The second-order valence-electron chi connectivity index (χ2n) is 17.0. The average Bonchev–Trinajstić information content (AvgIpc) is 3.39. The summed E-state index contributed by atoms with van der Waals surface area (Å²) in [5, 5.41) is 19.4. The zero-order valence-corrected chi connectivity index (χ0v) is 26.7. The summed E-state index contributed by atoms with van der Waals surface area (Å²) in [5.41, 5.74) is 0.292.